The first-order valence-corrected chi connectivity index (χ1v) is 6.43. The summed E-state index contributed by atoms with van der Waals surface area (Å²) in [6.45, 7) is 4.44. The van der Waals surface area contributed by atoms with Crippen LogP contribution in [0.4, 0.5) is 0 Å². The first-order valence-electron chi connectivity index (χ1n) is 6.43. The molecule has 19 heavy (non-hydrogen) atoms. The molecule has 1 N–H and O–H groups in total. The molecular formula is C14H18N2O3. The summed E-state index contributed by atoms with van der Waals surface area (Å²) in [6.07, 6.45) is 6.39. The number of aryl methyl sites for hydroxylation is 1. The SMILES string of the molecule is Cc1cc(C(=O)O)nc(OCC2CC=CCC2C)n1. The maximum atomic E-state index is 10.9. The van der Waals surface area contributed by atoms with Crippen LogP contribution < -0.4 is 4.74 Å². The van der Waals surface area contributed by atoms with E-state index in [4.69, 9.17) is 9.84 Å². The highest BCUT2D eigenvalue weighted by molar-refractivity contribution is 5.85. The molecule has 102 valence electrons. The Morgan fingerprint density at radius 3 is 2.84 bits per heavy atom. The van der Waals surface area contributed by atoms with Crippen molar-refractivity contribution in [2.45, 2.75) is 26.7 Å². The van der Waals surface area contributed by atoms with Crippen LogP contribution in [0.1, 0.15) is 35.9 Å². The van der Waals surface area contributed by atoms with Crippen molar-refractivity contribution in [2.24, 2.45) is 11.8 Å². The fourth-order valence-electron chi connectivity index (χ4n) is 2.14. The normalized spacial score (nSPS) is 22.2. The number of hydrogen-bond acceptors (Lipinski definition) is 4. The zero-order valence-electron chi connectivity index (χ0n) is 11.2. The van der Waals surface area contributed by atoms with Gasteiger partial charge in [0.05, 0.1) is 6.61 Å². The van der Waals surface area contributed by atoms with Crippen LogP contribution in [0.5, 0.6) is 6.01 Å². The molecule has 0 saturated heterocycles. The predicted octanol–water partition coefficient (Wildman–Crippen LogP) is 2.46. The summed E-state index contributed by atoms with van der Waals surface area (Å²) < 4.78 is 5.57. The molecule has 2 atom stereocenters. The summed E-state index contributed by atoms with van der Waals surface area (Å²) in [5, 5.41) is 8.94. The Labute approximate surface area is 112 Å². The fourth-order valence-corrected chi connectivity index (χ4v) is 2.14. The first kappa shape index (κ1) is 13.5. The monoisotopic (exact) mass is 262 g/mol. The molecule has 1 heterocycles. The molecule has 5 heteroatoms. The van der Waals surface area contributed by atoms with Crippen molar-refractivity contribution in [1.82, 2.24) is 9.97 Å². The molecule has 0 spiro atoms. The van der Waals surface area contributed by atoms with Crippen molar-refractivity contribution < 1.29 is 14.6 Å². The number of aromatic carboxylic acids is 1. The smallest absolute Gasteiger partial charge is 0.354 e. The van der Waals surface area contributed by atoms with Gasteiger partial charge in [0.1, 0.15) is 0 Å². The molecule has 0 saturated carbocycles. The van der Waals surface area contributed by atoms with Crippen LogP contribution in [0.25, 0.3) is 0 Å². The molecule has 0 aliphatic heterocycles. The van der Waals surface area contributed by atoms with Crippen molar-refractivity contribution >= 4 is 5.97 Å². The van der Waals surface area contributed by atoms with E-state index in [0.717, 1.165) is 12.8 Å². The summed E-state index contributed by atoms with van der Waals surface area (Å²) in [5.74, 6) is -0.0690. The number of allylic oxidation sites excluding steroid dienone is 2. The number of hydrogen-bond donors (Lipinski definition) is 1. The van der Waals surface area contributed by atoms with Gasteiger partial charge in [0.15, 0.2) is 5.69 Å². The van der Waals surface area contributed by atoms with Crippen LogP contribution in [-0.2, 0) is 0 Å². The van der Waals surface area contributed by atoms with Crippen LogP contribution in [0.3, 0.4) is 0 Å². The number of ether oxygens (including phenoxy) is 1. The topological polar surface area (TPSA) is 72.3 Å². The highest BCUT2D eigenvalue weighted by Gasteiger charge is 2.19. The Kier molecular flexibility index (Phi) is 4.14. The van der Waals surface area contributed by atoms with E-state index in [2.05, 4.69) is 29.0 Å². The van der Waals surface area contributed by atoms with Gasteiger partial charge in [-0.2, -0.15) is 4.98 Å². The molecule has 0 radical (unpaired) electrons. The number of rotatable bonds is 4. The second kappa shape index (κ2) is 5.82. The highest BCUT2D eigenvalue weighted by Crippen LogP contribution is 2.25. The molecular weight excluding hydrogens is 244 g/mol. The quantitative estimate of drug-likeness (QED) is 0.844. The largest absolute Gasteiger partial charge is 0.477 e. The lowest BCUT2D eigenvalue weighted by molar-refractivity contribution is 0.0687. The number of nitrogens with zero attached hydrogens (tertiary/aromatic N) is 2. The lowest BCUT2D eigenvalue weighted by atomic mass is 9.85. The third-order valence-electron chi connectivity index (χ3n) is 3.40. The predicted molar refractivity (Wildman–Crippen MR) is 70.3 cm³/mol. The molecule has 1 aromatic heterocycles. The minimum atomic E-state index is -1.07. The van der Waals surface area contributed by atoms with Crippen LogP contribution in [0.2, 0.25) is 0 Å². The second-order valence-electron chi connectivity index (χ2n) is 4.97. The molecule has 2 rings (SSSR count). The summed E-state index contributed by atoms with van der Waals surface area (Å²) in [6, 6.07) is 1.58. The Morgan fingerprint density at radius 1 is 1.42 bits per heavy atom. The lowest BCUT2D eigenvalue weighted by Gasteiger charge is -2.24. The van der Waals surface area contributed by atoms with Crippen molar-refractivity contribution in [2.75, 3.05) is 6.61 Å². The van der Waals surface area contributed by atoms with Crippen molar-refractivity contribution in [1.29, 1.82) is 0 Å². The maximum absolute atomic E-state index is 10.9. The molecule has 0 bridgehead atoms. The Bertz CT molecular complexity index is 499. The number of aromatic nitrogens is 2. The van der Waals surface area contributed by atoms with Gasteiger partial charge in [-0.05, 0) is 37.7 Å². The van der Waals surface area contributed by atoms with E-state index in [9.17, 15) is 4.79 Å². The van der Waals surface area contributed by atoms with Gasteiger partial charge >= 0.3 is 12.0 Å². The van der Waals surface area contributed by atoms with E-state index in [0.29, 0.717) is 24.1 Å². The van der Waals surface area contributed by atoms with Crippen LogP contribution in [-0.4, -0.2) is 27.7 Å². The van der Waals surface area contributed by atoms with Gasteiger partial charge in [-0.15, -0.1) is 0 Å². The van der Waals surface area contributed by atoms with Crippen molar-refractivity contribution in [3.8, 4) is 6.01 Å². The van der Waals surface area contributed by atoms with Gasteiger partial charge in [0.25, 0.3) is 0 Å². The summed E-state index contributed by atoms with van der Waals surface area (Å²) in [4.78, 5) is 18.9. The van der Waals surface area contributed by atoms with E-state index in [1.807, 2.05) is 0 Å². The molecule has 0 fully saturated rings. The molecule has 5 nitrogen and oxygen atoms in total. The Balaban J connectivity index is 2.03. The van der Waals surface area contributed by atoms with E-state index < -0.39 is 5.97 Å². The minimum Gasteiger partial charge on any atom is -0.477 e. The Hall–Kier alpha value is -1.91. The van der Waals surface area contributed by atoms with Crippen molar-refractivity contribution in [3.63, 3.8) is 0 Å². The van der Waals surface area contributed by atoms with Gasteiger partial charge in [-0.1, -0.05) is 19.1 Å². The maximum Gasteiger partial charge on any atom is 0.354 e. The molecule has 1 aliphatic rings. The number of carboxylic acids is 1. The molecule has 1 aliphatic carbocycles. The minimum absolute atomic E-state index is 0.0286. The van der Waals surface area contributed by atoms with Gasteiger partial charge in [0.2, 0.25) is 0 Å². The molecule has 0 aromatic carbocycles. The summed E-state index contributed by atoms with van der Waals surface area (Å²) in [5.41, 5.74) is 0.568. The van der Waals surface area contributed by atoms with E-state index in [-0.39, 0.29) is 11.7 Å². The second-order valence-corrected chi connectivity index (χ2v) is 4.97. The zero-order valence-corrected chi connectivity index (χ0v) is 11.2. The third-order valence-corrected chi connectivity index (χ3v) is 3.40. The van der Waals surface area contributed by atoms with Crippen LogP contribution in [0.15, 0.2) is 18.2 Å². The van der Waals surface area contributed by atoms with E-state index in [1.165, 1.54) is 6.07 Å². The summed E-state index contributed by atoms with van der Waals surface area (Å²) >= 11 is 0. The lowest BCUT2D eigenvalue weighted by Crippen LogP contribution is -2.22. The average molecular weight is 262 g/mol. The number of carboxylic acid groups (broad SMARTS) is 1. The van der Waals surface area contributed by atoms with E-state index in [1.54, 1.807) is 6.92 Å². The first-order chi connectivity index (χ1) is 9.06. The van der Waals surface area contributed by atoms with E-state index >= 15 is 0 Å². The molecule has 1 aromatic rings. The van der Waals surface area contributed by atoms with Gasteiger partial charge in [-0.25, -0.2) is 9.78 Å². The van der Waals surface area contributed by atoms with Gasteiger partial charge < -0.3 is 9.84 Å². The molecule has 0 amide bonds. The average Bonchev–Trinajstić information content (AvgIpc) is 2.37. The van der Waals surface area contributed by atoms with Gasteiger partial charge in [-0.3, -0.25) is 0 Å². The van der Waals surface area contributed by atoms with Crippen LogP contribution >= 0.6 is 0 Å². The summed E-state index contributed by atoms with van der Waals surface area (Å²) in [7, 11) is 0. The van der Waals surface area contributed by atoms with Crippen molar-refractivity contribution in [3.05, 3.63) is 29.6 Å². The van der Waals surface area contributed by atoms with Gasteiger partial charge in [0, 0.05) is 5.69 Å². The molecule has 2 unspecified atom stereocenters. The number of carbonyl (C=O) groups is 1. The fraction of sp³-hybridized carbons (Fsp3) is 0.500. The zero-order chi connectivity index (χ0) is 13.8. The standard InChI is InChI=1S/C14H18N2O3/c1-9-5-3-4-6-11(9)8-19-14-15-10(2)7-12(16-14)13(17)18/h3-4,7,9,11H,5-6,8H2,1-2H3,(H,17,18). The third kappa shape index (κ3) is 3.53. The Morgan fingerprint density at radius 2 is 2.16 bits per heavy atom. The van der Waals surface area contributed by atoms with Crippen LogP contribution in [0, 0.1) is 18.8 Å². The highest BCUT2D eigenvalue weighted by atomic mass is 16.5.